The van der Waals surface area contributed by atoms with Crippen molar-refractivity contribution < 1.29 is 13.5 Å². The third-order valence-electron chi connectivity index (χ3n) is 3.24. The van der Waals surface area contributed by atoms with Crippen LogP contribution in [-0.4, -0.2) is 36.0 Å². The van der Waals surface area contributed by atoms with Crippen molar-refractivity contribution in [2.24, 2.45) is 13.0 Å². The van der Waals surface area contributed by atoms with Gasteiger partial charge in [0.1, 0.15) is 0 Å². The second kappa shape index (κ2) is 6.13. The highest BCUT2D eigenvalue weighted by Gasteiger charge is 2.26. The molecule has 1 atom stereocenters. The predicted octanol–water partition coefficient (Wildman–Crippen LogP) is 1.26. The molecule has 0 amide bonds. The number of aliphatic hydroxyl groups is 1. The average molecular weight is 311 g/mol. The molecule has 21 heavy (non-hydrogen) atoms. The number of hydrogen-bond acceptors (Lipinski definition) is 4. The van der Waals surface area contributed by atoms with E-state index in [2.05, 4.69) is 9.82 Å². The van der Waals surface area contributed by atoms with Gasteiger partial charge in [-0.3, -0.25) is 4.68 Å². The van der Waals surface area contributed by atoms with E-state index in [-0.39, 0.29) is 17.6 Å². The van der Waals surface area contributed by atoms with E-state index < -0.39 is 16.1 Å². The van der Waals surface area contributed by atoms with E-state index in [0.717, 1.165) is 0 Å². The summed E-state index contributed by atoms with van der Waals surface area (Å²) >= 11 is 0. The number of fused-ring (bicyclic) bond motifs is 1. The highest BCUT2D eigenvalue weighted by Crippen LogP contribution is 2.22. The Hall–Kier alpha value is -1.44. The number of aromatic nitrogens is 2. The zero-order chi connectivity index (χ0) is 15.6. The first-order chi connectivity index (χ1) is 9.85. The molecule has 0 spiro atoms. The first kappa shape index (κ1) is 15.9. The van der Waals surface area contributed by atoms with Gasteiger partial charge in [-0.05, 0) is 24.5 Å². The number of rotatable bonds is 6. The molecule has 1 aromatic heterocycles. The third kappa shape index (κ3) is 3.42. The first-order valence-corrected chi connectivity index (χ1v) is 8.38. The number of sulfonamides is 1. The monoisotopic (exact) mass is 311 g/mol. The molecule has 0 radical (unpaired) electrons. The van der Waals surface area contributed by atoms with Gasteiger partial charge in [-0.2, -0.15) is 5.10 Å². The Morgan fingerprint density at radius 1 is 1.33 bits per heavy atom. The molecule has 0 aliphatic carbocycles. The summed E-state index contributed by atoms with van der Waals surface area (Å²) in [5, 5.41) is 14.3. The summed E-state index contributed by atoms with van der Waals surface area (Å²) in [6, 6.07) is 6.60. The van der Waals surface area contributed by atoms with Crippen LogP contribution in [-0.2, 0) is 17.1 Å². The van der Waals surface area contributed by atoms with Crippen molar-refractivity contribution in [3.63, 3.8) is 0 Å². The molecule has 6 nitrogen and oxygen atoms in total. The van der Waals surface area contributed by atoms with E-state index in [1.165, 1.54) is 4.68 Å². The summed E-state index contributed by atoms with van der Waals surface area (Å²) in [7, 11) is -2.14. The van der Waals surface area contributed by atoms with Gasteiger partial charge in [-0.1, -0.05) is 26.0 Å². The summed E-state index contributed by atoms with van der Waals surface area (Å²) in [5.41, 5.74) is 0.629. The van der Waals surface area contributed by atoms with Gasteiger partial charge in [-0.25, -0.2) is 13.1 Å². The van der Waals surface area contributed by atoms with Crippen LogP contribution in [0, 0.1) is 5.92 Å². The van der Waals surface area contributed by atoms with Gasteiger partial charge in [0.05, 0.1) is 12.1 Å². The van der Waals surface area contributed by atoms with E-state index in [1.807, 2.05) is 19.9 Å². The lowest BCUT2D eigenvalue weighted by Crippen LogP contribution is -2.39. The first-order valence-electron chi connectivity index (χ1n) is 6.90. The van der Waals surface area contributed by atoms with E-state index in [9.17, 15) is 13.5 Å². The van der Waals surface area contributed by atoms with Gasteiger partial charge in [-0.15, -0.1) is 0 Å². The van der Waals surface area contributed by atoms with Crippen molar-refractivity contribution >= 4 is 20.9 Å². The maximum Gasteiger partial charge on any atom is 0.258 e. The van der Waals surface area contributed by atoms with E-state index in [1.54, 1.807) is 25.2 Å². The minimum Gasteiger partial charge on any atom is -0.395 e. The largest absolute Gasteiger partial charge is 0.395 e. The van der Waals surface area contributed by atoms with Gasteiger partial charge in [0.25, 0.3) is 10.0 Å². The Morgan fingerprint density at radius 3 is 2.62 bits per heavy atom. The molecule has 2 rings (SSSR count). The molecule has 0 aliphatic rings. The fraction of sp³-hybridized carbons (Fsp3) is 0.500. The van der Waals surface area contributed by atoms with Crippen LogP contribution in [0.25, 0.3) is 10.9 Å². The number of nitrogens with one attached hydrogen (secondary N) is 1. The van der Waals surface area contributed by atoms with Gasteiger partial charge < -0.3 is 5.11 Å². The minimum atomic E-state index is -3.74. The maximum absolute atomic E-state index is 12.6. The molecular weight excluding hydrogens is 290 g/mol. The van der Waals surface area contributed by atoms with Crippen molar-refractivity contribution in [2.45, 2.75) is 31.3 Å². The molecular formula is C14H21N3O3S. The Kier molecular flexibility index (Phi) is 4.65. The van der Waals surface area contributed by atoms with Gasteiger partial charge >= 0.3 is 0 Å². The quantitative estimate of drug-likeness (QED) is 0.841. The molecule has 0 bridgehead atoms. The second-order valence-corrected chi connectivity index (χ2v) is 7.21. The van der Waals surface area contributed by atoms with E-state index in [4.69, 9.17) is 0 Å². The topological polar surface area (TPSA) is 84.2 Å². The molecule has 1 aromatic carbocycles. The van der Waals surface area contributed by atoms with Crippen molar-refractivity contribution in [2.75, 3.05) is 6.61 Å². The number of aliphatic hydroxyl groups excluding tert-OH is 1. The molecule has 2 N–H and O–H groups in total. The van der Waals surface area contributed by atoms with Crippen LogP contribution in [0.2, 0.25) is 0 Å². The molecule has 0 aliphatic heterocycles. The molecule has 2 aromatic rings. The summed E-state index contributed by atoms with van der Waals surface area (Å²) in [5.74, 6) is 0.285. The third-order valence-corrected chi connectivity index (χ3v) is 4.88. The van der Waals surface area contributed by atoms with Crippen LogP contribution in [0.3, 0.4) is 0 Å². The average Bonchev–Trinajstić information content (AvgIpc) is 2.73. The lowest BCUT2D eigenvalue weighted by atomic mass is 10.1. The number of benzene rings is 1. The zero-order valence-corrected chi connectivity index (χ0v) is 13.3. The number of aryl methyl sites for hydroxylation is 1. The Balaban J connectivity index is 2.40. The highest BCUT2D eigenvalue weighted by molar-refractivity contribution is 7.89. The van der Waals surface area contributed by atoms with Crippen LogP contribution in [0.5, 0.6) is 0 Å². The lowest BCUT2D eigenvalue weighted by molar-refractivity contribution is 0.240. The summed E-state index contributed by atoms with van der Waals surface area (Å²) < 4.78 is 29.1. The fourth-order valence-electron chi connectivity index (χ4n) is 2.45. The number of hydrogen-bond donors (Lipinski definition) is 2. The normalized spacial score (nSPS) is 14.0. The Morgan fingerprint density at radius 2 is 2.00 bits per heavy atom. The van der Waals surface area contributed by atoms with E-state index in [0.29, 0.717) is 17.3 Å². The Bertz CT molecular complexity index is 722. The molecule has 0 fully saturated rings. The molecule has 1 heterocycles. The standard InChI is InChI=1S/C14H21N3O3S/c1-10(2)8-11(9-18)16-21(19,20)14-12-6-4-5-7-13(12)15-17(14)3/h4-7,10-11,16,18H,8-9H2,1-3H3. The minimum absolute atomic E-state index is 0.125. The van der Waals surface area contributed by atoms with Crippen LogP contribution < -0.4 is 4.72 Å². The van der Waals surface area contributed by atoms with Crippen molar-refractivity contribution in [3.05, 3.63) is 24.3 Å². The highest BCUT2D eigenvalue weighted by atomic mass is 32.2. The molecule has 1 unspecified atom stereocenters. The summed E-state index contributed by atoms with van der Waals surface area (Å²) in [6.07, 6.45) is 0.575. The smallest absolute Gasteiger partial charge is 0.258 e. The molecule has 7 heteroatoms. The van der Waals surface area contributed by atoms with Gasteiger partial charge in [0.15, 0.2) is 5.03 Å². The second-order valence-electron chi connectivity index (χ2n) is 5.58. The van der Waals surface area contributed by atoms with Gasteiger partial charge in [0.2, 0.25) is 0 Å². The fourth-order valence-corrected chi connectivity index (χ4v) is 4.02. The molecule has 0 saturated heterocycles. The summed E-state index contributed by atoms with van der Waals surface area (Å²) in [4.78, 5) is 0. The predicted molar refractivity (Wildman–Crippen MR) is 81.4 cm³/mol. The van der Waals surface area contributed by atoms with Crippen LogP contribution >= 0.6 is 0 Å². The van der Waals surface area contributed by atoms with E-state index >= 15 is 0 Å². The van der Waals surface area contributed by atoms with Crippen molar-refractivity contribution in [1.29, 1.82) is 0 Å². The summed E-state index contributed by atoms with van der Waals surface area (Å²) in [6.45, 7) is 3.74. The van der Waals surface area contributed by atoms with Gasteiger partial charge in [0, 0.05) is 18.5 Å². The Labute approximate surface area is 124 Å². The van der Waals surface area contributed by atoms with Crippen LogP contribution in [0.15, 0.2) is 29.3 Å². The molecule has 116 valence electrons. The van der Waals surface area contributed by atoms with Crippen LogP contribution in [0.1, 0.15) is 20.3 Å². The zero-order valence-electron chi connectivity index (χ0n) is 12.4. The lowest BCUT2D eigenvalue weighted by Gasteiger charge is -2.18. The van der Waals surface area contributed by atoms with Crippen molar-refractivity contribution in [3.8, 4) is 0 Å². The molecule has 0 saturated carbocycles. The van der Waals surface area contributed by atoms with Crippen molar-refractivity contribution in [1.82, 2.24) is 14.5 Å². The maximum atomic E-state index is 12.6. The number of nitrogens with zero attached hydrogens (tertiary/aromatic N) is 2. The SMILES string of the molecule is CC(C)CC(CO)NS(=O)(=O)c1c2ccccc2nn1C. The van der Waals surface area contributed by atoms with Crippen LogP contribution in [0.4, 0.5) is 0 Å².